The lowest BCUT2D eigenvalue weighted by Gasteiger charge is -2.27. The second-order valence-electron chi connectivity index (χ2n) is 5.29. The van der Waals surface area contributed by atoms with Gasteiger partial charge in [-0.05, 0) is 43.0 Å². The molecule has 108 valence electrons. The molecular formula is C17H18ClN3. The minimum Gasteiger partial charge on any atom is -0.384 e. The molecule has 0 fully saturated rings. The maximum atomic E-state index is 7.84. The second-order valence-corrected chi connectivity index (χ2v) is 5.69. The quantitative estimate of drug-likeness (QED) is 0.648. The number of hydrogen-bond donors (Lipinski definition) is 2. The molecule has 0 aliphatic carbocycles. The lowest BCUT2D eigenvalue weighted by Crippen LogP contribution is -2.23. The fourth-order valence-corrected chi connectivity index (χ4v) is 3.22. The van der Waals surface area contributed by atoms with Crippen molar-refractivity contribution in [3.05, 3.63) is 58.6 Å². The molecule has 21 heavy (non-hydrogen) atoms. The first kappa shape index (κ1) is 14.0. The Morgan fingerprint density at radius 3 is 2.62 bits per heavy atom. The Kier molecular flexibility index (Phi) is 3.84. The Morgan fingerprint density at radius 1 is 1.05 bits per heavy atom. The van der Waals surface area contributed by atoms with Gasteiger partial charge in [0.05, 0.1) is 16.3 Å². The van der Waals surface area contributed by atoms with E-state index in [1.165, 1.54) is 17.7 Å². The topological polar surface area (TPSA) is 53.1 Å². The Bertz CT molecular complexity index is 681. The summed E-state index contributed by atoms with van der Waals surface area (Å²) in [5.74, 6) is 0.0114. The number of nitrogens with two attached hydrogens (primary N) is 1. The molecule has 1 heterocycles. The molecule has 0 saturated heterocycles. The smallest absolute Gasteiger partial charge is 0.126 e. The van der Waals surface area contributed by atoms with Crippen LogP contribution in [0.25, 0.3) is 0 Å². The van der Waals surface area contributed by atoms with E-state index in [2.05, 4.69) is 29.2 Å². The van der Waals surface area contributed by atoms with Crippen molar-refractivity contribution < 1.29 is 0 Å². The predicted molar refractivity (Wildman–Crippen MR) is 88.9 cm³/mol. The normalized spacial score (nSPS) is 14.4. The summed E-state index contributed by atoms with van der Waals surface area (Å²) >= 11 is 6.26. The molecule has 3 rings (SSSR count). The van der Waals surface area contributed by atoms with Crippen LogP contribution in [-0.4, -0.2) is 12.4 Å². The minimum absolute atomic E-state index is 0.0114. The number of nitrogens with zero attached hydrogens (tertiary/aromatic N) is 1. The van der Waals surface area contributed by atoms with Crippen molar-refractivity contribution in [3.63, 3.8) is 0 Å². The molecule has 0 amide bonds. The molecule has 2 aromatic rings. The summed E-state index contributed by atoms with van der Waals surface area (Å²) in [6, 6.07) is 14.1. The molecule has 1 aliphatic rings. The molecule has 0 atom stereocenters. The van der Waals surface area contributed by atoms with E-state index < -0.39 is 0 Å². The number of hydrogen-bond acceptors (Lipinski definition) is 2. The Balaban J connectivity index is 2.17. The summed E-state index contributed by atoms with van der Waals surface area (Å²) in [7, 11) is 0. The molecular weight excluding hydrogens is 282 g/mol. The van der Waals surface area contributed by atoms with Crippen LogP contribution in [0.5, 0.6) is 0 Å². The van der Waals surface area contributed by atoms with Gasteiger partial charge in [-0.3, -0.25) is 5.41 Å². The zero-order chi connectivity index (χ0) is 14.8. The zero-order valence-corrected chi connectivity index (χ0v) is 12.5. The summed E-state index contributed by atoms with van der Waals surface area (Å²) < 4.78 is 0. The average molecular weight is 300 g/mol. The minimum atomic E-state index is 0.0114. The van der Waals surface area contributed by atoms with E-state index in [1.54, 1.807) is 6.07 Å². The molecule has 3 nitrogen and oxygen atoms in total. The van der Waals surface area contributed by atoms with Crippen LogP contribution in [0.1, 0.15) is 24.0 Å². The Hall–Kier alpha value is -2.00. The highest BCUT2D eigenvalue weighted by Gasteiger charge is 2.21. The van der Waals surface area contributed by atoms with E-state index >= 15 is 0 Å². The highest BCUT2D eigenvalue weighted by atomic mass is 35.5. The van der Waals surface area contributed by atoms with Gasteiger partial charge in [0.15, 0.2) is 0 Å². The number of fused-ring (bicyclic) bond motifs is 1. The van der Waals surface area contributed by atoms with Crippen molar-refractivity contribution in [1.29, 1.82) is 5.41 Å². The number of benzene rings is 2. The van der Waals surface area contributed by atoms with Crippen molar-refractivity contribution in [2.45, 2.75) is 19.3 Å². The van der Waals surface area contributed by atoms with Crippen LogP contribution >= 0.6 is 11.6 Å². The SMILES string of the molecule is N=C(N)c1c(Cl)cccc1N1CCCCc2ccccc21. The molecule has 3 N–H and O–H groups in total. The van der Waals surface area contributed by atoms with Crippen LogP contribution in [0.3, 0.4) is 0 Å². The van der Waals surface area contributed by atoms with Gasteiger partial charge in [-0.2, -0.15) is 0 Å². The van der Waals surface area contributed by atoms with Gasteiger partial charge >= 0.3 is 0 Å². The first-order valence-corrected chi connectivity index (χ1v) is 7.54. The van der Waals surface area contributed by atoms with Crippen LogP contribution in [0.4, 0.5) is 11.4 Å². The van der Waals surface area contributed by atoms with Gasteiger partial charge in [0.1, 0.15) is 5.84 Å². The predicted octanol–water partition coefficient (Wildman–Crippen LogP) is 4.10. The molecule has 2 aromatic carbocycles. The summed E-state index contributed by atoms with van der Waals surface area (Å²) in [5, 5.41) is 8.37. The molecule has 0 spiro atoms. The van der Waals surface area contributed by atoms with Crippen LogP contribution in [-0.2, 0) is 6.42 Å². The maximum Gasteiger partial charge on any atom is 0.126 e. The third-order valence-corrected chi connectivity index (χ3v) is 4.23. The van der Waals surface area contributed by atoms with E-state index in [0.717, 1.165) is 25.1 Å². The van der Waals surface area contributed by atoms with Crippen LogP contribution in [0.2, 0.25) is 5.02 Å². The maximum absolute atomic E-state index is 7.84. The standard InChI is InChI=1S/C17H18ClN3/c18-13-8-5-10-15(16(13)17(19)20)21-11-4-3-7-12-6-1-2-9-14(12)21/h1-2,5-6,8-10H,3-4,7,11H2,(H3,19,20). The van der Waals surface area contributed by atoms with Crippen molar-refractivity contribution in [2.75, 3.05) is 11.4 Å². The van der Waals surface area contributed by atoms with Crippen molar-refractivity contribution in [3.8, 4) is 0 Å². The largest absolute Gasteiger partial charge is 0.384 e. The van der Waals surface area contributed by atoms with Crippen LogP contribution in [0.15, 0.2) is 42.5 Å². The number of para-hydroxylation sites is 1. The third kappa shape index (κ3) is 2.61. The molecule has 4 heteroatoms. The average Bonchev–Trinajstić information content (AvgIpc) is 2.68. The molecule has 0 radical (unpaired) electrons. The van der Waals surface area contributed by atoms with Gasteiger partial charge in [0.25, 0.3) is 0 Å². The van der Waals surface area contributed by atoms with Crippen LogP contribution < -0.4 is 10.6 Å². The summed E-state index contributed by atoms with van der Waals surface area (Å²) in [6.07, 6.45) is 3.37. The number of aryl methyl sites for hydroxylation is 1. The van der Waals surface area contributed by atoms with Crippen LogP contribution in [0, 0.1) is 5.41 Å². The fraction of sp³-hybridized carbons (Fsp3) is 0.235. The number of anilines is 2. The molecule has 1 aliphatic heterocycles. The van der Waals surface area contributed by atoms with Gasteiger partial charge in [0.2, 0.25) is 0 Å². The summed E-state index contributed by atoms with van der Waals surface area (Å²) in [6.45, 7) is 0.914. The molecule has 0 saturated carbocycles. The van der Waals surface area contributed by atoms with E-state index in [1.807, 2.05) is 12.1 Å². The van der Waals surface area contributed by atoms with Crippen molar-refractivity contribution >= 4 is 28.8 Å². The van der Waals surface area contributed by atoms with Crippen molar-refractivity contribution in [1.82, 2.24) is 0 Å². The van der Waals surface area contributed by atoms with Crippen molar-refractivity contribution in [2.24, 2.45) is 5.73 Å². The Labute approximate surface area is 129 Å². The van der Waals surface area contributed by atoms with Gasteiger partial charge in [-0.15, -0.1) is 0 Å². The fourth-order valence-electron chi connectivity index (χ4n) is 2.95. The third-order valence-electron chi connectivity index (χ3n) is 3.91. The zero-order valence-electron chi connectivity index (χ0n) is 11.8. The lowest BCUT2D eigenvalue weighted by atomic mass is 10.1. The van der Waals surface area contributed by atoms with E-state index in [9.17, 15) is 0 Å². The van der Waals surface area contributed by atoms with Gasteiger partial charge in [0, 0.05) is 12.2 Å². The second kappa shape index (κ2) is 5.78. The molecule has 0 bridgehead atoms. The monoisotopic (exact) mass is 299 g/mol. The number of rotatable bonds is 2. The number of nitrogen functional groups attached to an aromatic ring is 1. The number of halogens is 1. The van der Waals surface area contributed by atoms with E-state index in [0.29, 0.717) is 10.6 Å². The van der Waals surface area contributed by atoms with Gasteiger partial charge in [-0.1, -0.05) is 35.9 Å². The van der Waals surface area contributed by atoms with Gasteiger partial charge in [-0.25, -0.2) is 0 Å². The number of nitrogens with one attached hydrogen (secondary N) is 1. The molecule has 0 unspecified atom stereocenters. The highest BCUT2D eigenvalue weighted by Crippen LogP contribution is 2.36. The Morgan fingerprint density at radius 2 is 1.81 bits per heavy atom. The summed E-state index contributed by atoms with van der Waals surface area (Å²) in [5.41, 5.74) is 9.83. The highest BCUT2D eigenvalue weighted by molar-refractivity contribution is 6.34. The van der Waals surface area contributed by atoms with Gasteiger partial charge < -0.3 is 10.6 Å². The first-order chi connectivity index (χ1) is 10.2. The number of amidine groups is 1. The lowest BCUT2D eigenvalue weighted by molar-refractivity contribution is 0.761. The van der Waals surface area contributed by atoms with E-state index in [-0.39, 0.29) is 5.84 Å². The van der Waals surface area contributed by atoms with E-state index in [4.69, 9.17) is 22.7 Å². The first-order valence-electron chi connectivity index (χ1n) is 7.17. The molecule has 0 aromatic heterocycles. The summed E-state index contributed by atoms with van der Waals surface area (Å²) in [4.78, 5) is 2.24.